The van der Waals surface area contributed by atoms with Gasteiger partial charge in [0.15, 0.2) is 22.9 Å². The molecule has 4 rings (SSSR count). The molecule has 0 spiro atoms. The van der Waals surface area contributed by atoms with Gasteiger partial charge in [0, 0.05) is 23.5 Å². The fraction of sp³-hybridized carbons (Fsp3) is 0.217. The smallest absolute Gasteiger partial charge is 0.290 e. The molecule has 0 bridgehead atoms. The molecule has 0 saturated carbocycles. The van der Waals surface area contributed by atoms with Gasteiger partial charge in [-0.2, -0.15) is 0 Å². The number of aliphatic hydroxyl groups excluding tert-OH is 1. The third-order valence-electron chi connectivity index (χ3n) is 5.20. The number of ether oxygens (including phenoxy) is 2. The minimum Gasteiger partial charge on any atom is -0.503 e. The number of fused-ring (bicyclic) bond motifs is 1. The summed E-state index contributed by atoms with van der Waals surface area (Å²) in [6.45, 7) is 0.466. The molecule has 1 unspecified atom stereocenters. The minimum absolute atomic E-state index is 0.0161. The van der Waals surface area contributed by atoms with Crippen LogP contribution in [-0.4, -0.2) is 49.1 Å². The first kappa shape index (κ1) is 21.1. The van der Waals surface area contributed by atoms with Crippen LogP contribution in [0.15, 0.2) is 68.8 Å². The molecule has 1 aliphatic heterocycles. The number of para-hydroxylation sites is 1. The largest absolute Gasteiger partial charge is 0.503 e. The highest BCUT2D eigenvalue weighted by atomic mass is 79.9. The van der Waals surface area contributed by atoms with Crippen molar-refractivity contribution in [1.82, 2.24) is 4.90 Å². The highest BCUT2D eigenvalue weighted by molar-refractivity contribution is 9.10. The third-order valence-corrected chi connectivity index (χ3v) is 5.69. The van der Waals surface area contributed by atoms with Crippen LogP contribution in [-0.2, 0) is 9.53 Å². The molecule has 160 valence electrons. The lowest BCUT2D eigenvalue weighted by molar-refractivity contribution is -0.130. The number of nitrogens with zero attached hydrogens (tertiary/aromatic N) is 1. The predicted octanol–water partition coefficient (Wildman–Crippen LogP) is 4.43. The van der Waals surface area contributed by atoms with E-state index in [1.165, 1.54) is 19.1 Å². The van der Waals surface area contributed by atoms with Crippen molar-refractivity contribution in [3.05, 3.63) is 75.7 Å². The van der Waals surface area contributed by atoms with E-state index in [9.17, 15) is 14.7 Å². The second kappa shape index (κ2) is 8.56. The Bertz CT molecular complexity index is 1200. The van der Waals surface area contributed by atoms with Crippen LogP contribution < -0.4 is 4.74 Å². The molecule has 0 saturated heterocycles. The Kier molecular flexibility index (Phi) is 5.84. The van der Waals surface area contributed by atoms with Crippen molar-refractivity contribution in [3.8, 4) is 5.75 Å². The van der Waals surface area contributed by atoms with E-state index in [1.54, 1.807) is 30.3 Å². The van der Waals surface area contributed by atoms with Crippen molar-refractivity contribution in [2.24, 2.45) is 0 Å². The first-order valence-corrected chi connectivity index (χ1v) is 10.3. The Morgan fingerprint density at radius 3 is 2.68 bits per heavy atom. The summed E-state index contributed by atoms with van der Waals surface area (Å²) in [6.07, 6.45) is 0. The lowest BCUT2D eigenvalue weighted by atomic mass is 9.95. The number of aliphatic hydroxyl groups is 1. The maximum atomic E-state index is 13.5. The molecule has 1 aliphatic rings. The summed E-state index contributed by atoms with van der Waals surface area (Å²) in [4.78, 5) is 27.8. The van der Waals surface area contributed by atoms with Crippen LogP contribution in [0, 0.1) is 0 Å². The molecule has 1 atom stereocenters. The summed E-state index contributed by atoms with van der Waals surface area (Å²) in [5.41, 5.74) is 1.07. The SMILES string of the molecule is COCCN1C(=O)C(O)=C(C(=O)c2cc3cccc(OC)c3o2)C1c1cccc(Br)c1. The molecule has 0 radical (unpaired) electrons. The van der Waals surface area contributed by atoms with Crippen molar-refractivity contribution >= 4 is 38.6 Å². The predicted molar refractivity (Wildman–Crippen MR) is 117 cm³/mol. The van der Waals surface area contributed by atoms with Crippen LogP contribution in [0.1, 0.15) is 22.2 Å². The molecular weight excluding hydrogens is 466 g/mol. The fourth-order valence-corrected chi connectivity index (χ4v) is 4.19. The van der Waals surface area contributed by atoms with Crippen molar-refractivity contribution < 1.29 is 28.6 Å². The topological polar surface area (TPSA) is 89.2 Å². The number of methoxy groups -OCH3 is 2. The number of amides is 1. The van der Waals surface area contributed by atoms with E-state index in [4.69, 9.17) is 13.9 Å². The number of ketones is 1. The number of carbonyl (C=O) groups excluding carboxylic acids is 2. The summed E-state index contributed by atoms with van der Waals surface area (Å²) in [5, 5.41) is 11.4. The van der Waals surface area contributed by atoms with Gasteiger partial charge in [0.2, 0.25) is 5.78 Å². The lowest BCUT2D eigenvalue weighted by Crippen LogP contribution is -2.34. The number of halogens is 1. The molecule has 8 heteroatoms. The number of rotatable bonds is 7. The van der Waals surface area contributed by atoms with E-state index in [2.05, 4.69) is 15.9 Å². The molecule has 2 heterocycles. The lowest BCUT2D eigenvalue weighted by Gasteiger charge is -2.26. The number of benzene rings is 2. The molecule has 31 heavy (non-hydrogen) atoms. The van der Waals surface area contributed by atoms with E-state index < -0.39 is 23.5 Å². The van der Waals surface area contributed by atoms with Crippen LogP contribution >= 0.6 is 15.9 Å². The molecule has 0 fully saturated rings. The molecule has 1 aromatic heterocycles. The van der Waals surface area contributed by atoms with Crippen LogP contribution in [0.2, 0.25) is 0 Å². The maximum Gasteiger partial charge on any atom is 0.290 e. The highest BCUT2D eigenvalue weighted by Gasteiger charge is 2.44. The summed E-state index contributed by atoms with van der Waals surface area (Å²) >= 11 is 3.43. The molecular formula is C23H20BrNO6. The molecule has 0 aliphatic carbocycles. The summed E-state index contributed by atoms with van der Waals surface area (Å²) in [5.74, 6) is -1.27. The number of hydrogen-bond acceptors (Lipinski definition) is 6. The highest BCUT2D eigenvalue weighted by Crippen LogP contribution is 2.40. The van der Waals surface area contributed by atoms with E-state index >= 15 is 0 Å². The van der Waals surface area contributed by atoms with Gasteiger partial charge in [-0.25, -0.2) is 0 Å². The van der Waals surface area contributed by atoms with Gasteiger partial charge in [-0.1, -0.05) is 40.2 Å². The number of carbonyl (C=O) groups is 2. The molecule has 2 aromatic carbocycles. The zero-order chi connectivity index (χ0) is 22.1. The molecule has 1 amide bonds. The van der Waals surface area contributed by atoms with Gasteiger partial charge in [-0.3, -0.25) is 9.59 Å². The van der Waals surface area contributed by atoms with Crippen molar-refractivity contribution in [3.63, 3.8) is 0 Å². The van der Waals surface area contributed by atoms with Gasteiger partial charge in [0.25, 0.3) is 5.91 Å². The summed E-state index contributed by atoms with van der Waals surface area (Å²) < 4.78 is 17.0. The number of furan rings is 1. The Hall–Kier alpha value is -3.10. The fourth-order valence-electron chi connectivity index (χ4n) is 3.77. The van der Waals surface area contributed by atoms with E-state index in [0.29, 0.717) is 22.3 Å². The van der Waals surface area contributed by atoms with Crippen LogP contribution in [0.25, 0.3) is 11.0 Å². The second-order valence-corrected chi connectivity index (χ2v) is 7.95. The minimum atomic E-state index is -0.775. The van der Waals surface area contributed by atoms with Crippen LogP contribution in [0.5, 0.6) is 5.75 Å². The van der Waals surface area contributed by atoms with Gasteiger partial charge in [0.05, 0.1) is 25.3 Å². The van der Waals surface area contributed by atoms with E-state index in [1.807, 2.05) is 18.2 Å². The monoisotopic (exact) mass is 485 g/mol. The average Bonchev–Trinajstić information content (AvgIpc) is 3.31. The van der Waals surface area contributed by atoms with Crippen LogP contribution in [0.3, 0.4) is 0 Å². The van der Waals surface area contributed by atoms with Gasteiger partial charge in [0.1, 0.15) is 0 Å². The summed E-state index contributed by atoms with van der Waals surface area (Å²) in [6, 6.07) is 13.4. The van der Waals surface area contributed by atoms with Gasteiger partial charge in [-0.15, -0.1) is 0 Å². The van der Waals surface area contributed by atoms with Gasteiger partial charge < -0.3 is 23.9 Å². The zero-order valence-electron chi connectivity index (χ0n) is 16.9. The quantitative estimate of drug-likeness (QED) is 0.498. The third kappa shape index (κ3) is 3.73. The maximum absolute atomic E-state index is 13.5. The van der Waals surface area contributed by atoms with Gasteiger partial charge >= 0.3 is 0 Å². The Labute approximate surface area is 187 Å². The van der Waals surface area contributed by atoms with Gasteiger partial charge in [-0.05, 0) is 29.8 Å². The van der Waals surface area contributed by atoms with Crippen molar-refractivity contribution in [2.75, 3.05) is 27.4 Å². The second-order valence-electron chi connectivity index (χ2n) is 7.03. The van der Waals surface area contributed by atoms with E-state index in [0.717, 1.165) is 4.47 Å². The Balaban J connectivity index is 1.82. The molecule has 7 nitrogen and oxygen atoms in total. The molecule has 1 N–H and O–H groups in total. The zero-order valence-corrected chi connectivity index (χ0v) is 18.5. The van der Waals surface area contributed by atoms with Crippen LogP contribution in [0.4, 0.5) is 0 Å². The van der Waals surface area contributed by atoms with E-state index in [-0.39, 0.29) is 24.5 Å². The number of Topliss-reactive ketones (excluding diaryl/α,β-unsaturated/α-hetero) is 1. The number of hydrogen-bond donors (Lipinski definition) is 1. The summed E-state index contributed by atoms with van der Waals surface area (Å²) in [7, 11) is 3.04. The standard InChI is InChI=1S/C23H20BrNO6/c1-29-10-9-25-19(13-5-3-7-15(24)11-13)18(21(27)23(25)28)20(26)17-12-14-6-4-8-16(30-2)22(14)31-17/h3-8,11-12,19,27H,9-10H2,1-2H3. The first-order valence-electron chi connectivity index (χ1n) is 9.56. The van der Waals surface area contributed by atoms with Crippen molar-refractivity contribution in [1.29, 1.82) is 0 Å². The Morgan fingerprint density at radius 2 is 1.97 bits per heavy atom. The molecule has 3 aromatic rings. The van der Waals surface area contributed by atoms with Crippen molar-refractivity contribution in [2.45, 2.75) is 6.04 Å². The average molecular weight is 486 g/mol. The Morgan fingerprint density at radius 1 is 1.19 bits per heavy atom. The first-order chi connectivity index (χ1) is 15.0. The normalized spacial score (nSPS) is 16.4.